The number of nitrogens with zero attached hydrogens (tertiary/aromatic N) is 1. The van der Waals surface area contributed by atoms with Gasteiger partial charge in [-0.05, 0) is 49.8 Å². The Kier molecular flexibility index (Phi) is 7.65. The summed E-state index contributed by atoms with van der Waals surface area (Å²) >= 11 is 7.53. The van der Waals surface area contributed by atoms with E-state index < -0.39 is 5.97 Å². The lowest BCUT2D eigenvalue weighted by Crippen LogP contribution is -2.12. The molecule has 1 N–H and O–H groups in total. The third-order valence-corrected chi connectivity index (χ3v) is 5.50. The van der Waals surface area contributed by atoms with Crippen LogP contribution in [0, 0.1) is 0 Å². The number of aliphatic hydroxyl groups excluding tert-OH is 1. The molecule has 0 atom stereocenters. The largest absolute Gasteiger partial charge is 0.506 e. The normalized spacial score (nSPS) is 16.1. The van der Waals surface area contributed by atoms with Crippen LogP contribution in [-0.2, 0) is 9.53 Å². The second kappa shape index (κ2) is 10.4. The van der Waals surface area contributed by atoms with Gasteiger partial charge in [-0.15, -0.1) is 0 Å². The number of hydrogen-bond acceptors (Lipinski definition) is 7. The topological polar surface area (TPSA) is 77.4 Å². The summed E-state index contributed by atoms with van der Waals surface area (Å²) in [5.74, 6) is 0.0950. The maximum atomic E-state index is 12.5. The van der Waals surface area contributed by atoms with Gasteiger partial charge in [0.2, 0.25) is 0 Å². The first-order valence-electron chi connectivity index (χ1n) is 9.63. The van der Waals surface area contributed by atoms with Crippen LogP contribution in [0.15, 0.2) is 63.7 Å². The second-order valence-electron chi connectivity index (χ2n) is 6.27. The third kappa shape index (κ3) is 5.24. The van der Waals surface area contributed by atoms with Gasteiger partial charge in [0.15, 0.2) is 11.5 Å². The maximum Gasteiger partial charge on any atom is 0.344 e. The lowest BCUT2D eigenvalue weighted by atomic mass is 10.1. The Hall–Kier alpha value is -2.90. The standard InChI is InChI=1S/C23H22ClNO5S/c1-4-29-21-16(24)11-14(12-17(21)28-3)13-18-20(26)19(23(27)30-5-2)22(31-18)25-15-9-7-6-8-10-15/h6-13,26H,4-5H2,1-3H3/b18-13-,25-22?. The van der Waals surface area contributed by atoms with Crippen molar-refractivity contribution < 1.29 is 24.1 Å². The maximum absolute atomic E-state index is 12.5. The van der Waals surface area contributed by atoms with Gasteiger partial charge in [0, 0.05) is 0 Å². The molecule has 31 heavy (non-hydrogen) atoms. The summed E-state index contributed by atoms with van der Waals surface area (Å²) in [6, 6.07) is 12.6. The van der Waals surface area contributed by atoms with Crippen LogP contribution < -0.4 is 9.47 Å². The van der Waals surface area contributed by atoms with Crippen LogP contribution >= 0.6 is 23.4 Å². The van der Waals surface area contributed by atoms with E-state index in [4.69, 9.17) is 25.8 Å². The van der Waals surface area contributed by atoms with Crippen LogP contribution in [0.3, 0.4) is 0 Å². The quantitative estimate of drug-likeness (QED) is 0.516. The number of carbonyl (C=O) groups excluding carboxylic acids is 1. The first-order chi connectivity index (χ1) is 15.0. The molecule has 1 aliphatic heterocycles. The molecule has 0 unspecified atom stereocenters. The molecule has 3 rings (SSSR count). The Morgan fingerprint density at radius 1 is 1.19 bits per heavy atom. The highest BCUT2D eigenvalue weighted by atomic mass is 35.5. The van der Waals surface area contributed by atoms with E-state index in [9.17, 15) is 9.90 Å². The average molecular weight is 460 g/mol. The fraction of sp³-hybridized carbons (Fsp3) is 0.217. The van der Waals surface area contributed by atoms with Crippen molar-refractivity contribution in [2.45, 2.75) is 13.8 Å². The first kappa shape index (κ1) is 22.8. The van der Waals surface area contributed by atoms with Crippen LogP contribution in [0.1, 0.15) is 19.4 Å². The van der Waals surface area contributed by atoms with Crippen molar-refractivity contribution in [1.82, 2.24) is 0 Å². The highest BCUT2D eigenvalue weighted by Crippen LogP contribution is 2.42. The van der Waals surface area contributed by atoms with E-state index in [2.05, 4.69) is 4.99 Å². The lowest BCUT2D eigenvalue weighted by Gasteiger charge is -2.12. The van der Waals surface area contributed by atoms with Gasteiger partial charge in [0.1, 0.15) is 16.4 Å². The van der Waals surface area contributed by atoms with E-state index in [-0.39, 0.29) is 17.9 Å². The summed E-state index contributed by atoms with van der Waals surface area (Å²) in [6.07, 6.45) is 1.71. The van der Waals surface area contributed by atoms with Gasteiger partial charge in [-0.3, -0.25) is 0 Å². The molecule has 6 nitrogen and oxygen atoms in total. The van der Waals surface area contributed by atoms with Gasteiger partial charge < -0.3 is 19.3 Å². The van der Waals surface area contributed by atoms with Gasteiger partial charge in [0.05, 0.1) is 35.9 Å². The molecule has 2 aromatic carbocycles. The predicted octanol–water partition coefficient (Wildman–Crippen LogP) is 5.94. The van der Waals surface area contributed by atoms with Crippen LogP contribution in [0.2, 0.25) is 5.02 Å². The molecule has 1 aliphatic rings. The van der Waals surface area contributed by atoms with Gasteiger partial charge in [-0.2, -0.15) is 0 Å². The number of esters is 1. The van der Waals surface area contributed by atoms with E-state index in [1.165, 1.54) is 18.9 Å². The fourth-order valence-corrected chi connectivity index (χ4v) is 4.18. The molecular formula is C23H22ClNO5S. The summed E-state index contributed by atoms with van der Waals surface area (Å²) in [5.41, 5.74) is 1.36. The number of rotatable bonds is 7. The zero-order valence-electron chi connectivity index (χ0n) is 17.3. The zero-order chi connectivity index (χ0) is 22.4. The van der Waals surface area contributed by atoms with E-state index in [1.54, 1.807) is 25.1 Å². The number of aliphatic hydroxyl groups is 1. The lowest BCUT2D eigenvalue weighted by molar-refractivity contribution is -0.138. The molecule has 0 amide bonds. The monoisotopic (exact) mass is 459 g/mol. The molecule has 0 saturated heterocycles. The van der Waals surface area contributed by atoms with Crippen LogP contribution in [0.5, 0.6) is 11.5 Å². The molecule has 0 bridgehead atoms. The van der Waals surface area contributed by atoms with Crippen molar-refractivity contribution in [2.75, 3.05) is 20.3 Å². The Balaban J connectivity index is 2.05. The van der Waals surface area contributed by atoms with Crippen molar-refractivity contribution in [2.24, 2.45) is 4.99 Å². The second-order valence-corrected chi connectivity index (χ2v) is 7.71. The Morgan fingerprint density at radius 3 is 2.58 bits per heavy atom. The van der Waals surface area contributed by atoms with Crippen LogP contribution in [0.25, 0.3) is 6.08 Å². The summed E-state index contributed by atoms with van der Waals surface area (Å²) in [6.45, 7) is 4.19. The number of aliphatic imine (C=N–C) groups is 1. The summed E-state index contributed by atoms with van der Waals surface area (Å²) in [5, 5.41) is 11.5. The minimum atomic E-state index is -0.632. The molecule has 2 aromatic rings. The van der Waals surface area contributed by atoms with Crippen molar-refractivity contribution in [3.05, 3.63) is 69.3 Å². The third-order valence-electron chi connectivity index (χ3n) is 4.20. The van der Waals surface area contributed by atoms with Gasteiger partial charge >= 0.3 is 5.97 Å². The molecule has 0 radical (unpaired) electrons. The predicted molar refractivity (Wildman–Crippen MR) is 125 cm³/mol. The van der Waals surface area contributed by atoms with E-state index in [0.29, 0.717) is 44.3 Å². The number of halogens is 1. The number of benzene rings is 2. The van der Waals surface area contributed by atoms with Gasteiger partial charge in [0.25, 0.3) is 0 Å². The van der Waals surface area contributed by atoms with Crippen molar-refractivity contribution in [3.8, 4) is 11.5 Å². The summed E-state index contributed by atoms with van der Waals surface area (Å²) in [7, 11) is 1.52. The Morgan fingerprint density at radius 2 is 1.94 bits per heavy atom. The number of hydrogen-bond donors (Lipinski definition) is 1. The van der Waals surface area contributed by atoms with Crippen LogP contribution in [0.4, 0.5) is 5.69 Å². The number of ether oxygens (including phenoxy) is 3. The van der Waals surface area contributed by atoms with Crippen molar-refractivity contribution >= 4 is 46.1 Å². The number of thioether (sulfide) groups is 1. The summed E-state index contributed by atoms with van der Waals surface area (Å²) < 4.78 is 16.1. The molecular weight excluding hydrogens is 438 g/mol. The Bertz CT molecular complexity index is 1060. The SMILES string of the molecule is CCOC(=O)C1=C(O)/C(=C/c2cc(Cl)c(OCC)c(OC)c2)SC1=Nc1ccccc1. The van der Waals surface area contributed by atoms with Crippen LogP contribution in [-0.4, -0.2) is 36.4 Å². The minimum absolute atomic E-state index is 0.0333. The molecule has 0 aromatic heterocycles. The van der Waals surface area contributed by atoms with E-state index in [1.807, 2.05) is 37.3 Å². The van der Waals surface area contributed by atoms with Gasteiger partial charge in [-0.25, -0.2) is 9.79 Å². The molecule has 8 heteroatoms. The number of methoxy groups -OCH3 is 1. The zero-order valence-corrected chi connectivity index (χ0v) is 18.9. The molecule has 162 valence electrons. The highest BCUT2D eigenvalue weighted by Gasteiger charge is 2.33. The molecule has 0 aliphatic carbocycles. The van der Waals surface area contributed by atoms with E-state index >= 15 is 0 Å². The van der Waals surface area contributed by atoms with Crippen molar-refractivity contribution in [1.29, 1.82) is 0 Å². The molecule has 0 saturated carbocycles. The Labute approximate surface area is 190 Å². The minimum Gasteiger partial charge on any atom is -0.506 e. The molecule has 0 spiro atoms. The molecule has 0 fully saturated rings. The van der Waals surface area contributed by atoms with E-state index in [0.717, 1.165) is 0 Å². The smallest absolute Gasteiger partial charge is 0.344 e. The van der Waals surface area contributed by atoms with Crippen molar-refractivity contribution in [3.63, 3.8) is 0 Å². The number of carbonyl (C=O) groups is 1. The fourth-order valence-electron chi connectivity index (χ4n) is 2.87. The number of para-hydroxylation sites is 1. The first-order valence-corrected chi connectivity index (χ1v) is 10.8. The summed E-state index contributed by atoms with van der Waals surface area (Å²) in [4.78, 5) is 17.5. The average Bonchev–Trinajstić information content (AvgIpc) is 3.05. The van der Waals surface area contributed by atoms with Gasteiger partial charge in [-0.1, -0.05) is 41.6 Å². The molecule has 1 heterocycles. The highest BCUT2D eigenvalue weighted by molar-refractivity contribution is 8.18.